The predicted octanol–water partition coefficient (Wildman–Crippen LogP) is 2.22. The van der Waals surface area contributed by atoms with Gasteiger partial charge in [0.2, 0.25) is 0 Å². The number of nitrogens with zero attached hydrogens (tertiary/aromatic N) is 2. The smallest absolute Gasteiger partial charge is 0.449 e. The van der Waals surface area contributed by atoms with Crippen molar-refractivity contribution >= 4 is 17.4 Å². The highest BCUT2D eigenvalue weighted by atomic mass is 19.1. The topological polar surface area (TPSA) is 97.3 Å². The zero-order chi connectivity index (χ0) is 18.6. The van der Waals surface area contributed by atoms with E-state index in [-0.39, 0.29) is 17.7 Å². The maximum atomic E-state index is 14.9. The quantitative estimate of drug-likeness (QED) is 0.814. The maximum absolute atomic E-state index is 14.9. The Morgan fingerprint density at radius 1 is 1.38 bits per heavy atom. The van der Waals surface area contributed by atoms with Gasteiger partial charge in [-0.15, -0.1) is 0 Å². The van der Waals surface area contributed by atoms with E-state index in [1.165, 1.54) is 10.5 Å². The third kappa shape index (κ3) is 2.70. The fraction of sp³-hybridized carbons (Fsp3) is 0.444. The lowest BCUT2D eigenvalue weighted by atomic mass is 10.0. The van der Waals surface area contributed by atoms with Gasteiger partial charge in [-0.05, 0) is 49.3 Å². The molecule has 3 N–H and O–H groups in total. The number of aryl methyl sites for hydroxylation is 1. The molecule has 0 spiro atoms. The van der Waals surface area contributed by atoms with E-state index < -0.39 is 17.5 Å². The van der Waals surface area contributed by atoms with Crippen LogP contribution in [0.15, 0.2) is 17.1 Å². The van der Waals surface area contributed by atoms with Crippen LogP contribution >= 0.6 is 0 Å². The Morgan fingerprint density at radius 2 is 2.12 bits per heavy atom. The molecule has 2 aromatic heterocycles. The van der Waals surface area contributed by atoms with Crippen LogP contribution in [-0.4, -0.2) is 34.8 Å². The van der Waals surface area contributed by atoms with Crippen LogP contribution in [-0.2, 0) is 0 Å². The Morgan fingerprint density at radius 3 is 2.69 bits per heavy atom. The van der Waals surface area contributed by atoms with Crippen LogP contribution in [0.3, 0.4) is 0 Å². The molecular formula is C18H20FN3O4. The van der Waals surface area contributed by atoms with Gasteiger partial charge in [0.05, 0.1) is 17.4 Å². The van der Waals surface area contributed by atoms with E-state index in [9.17, 15) is 14.0 Å². The first-order chi connectivity index (χ1) is 12.4. The van der Waals surface area contributed by atoms with Gasteiger partial charge in [0.15, 0.2) is 11.6 Å². The molecule has 1 aliphatic heterocycles. The zero-order valence-electron chi connectivity index (χ0n) is 14.4. The predicted molar refractivity (Wildman–Crippen MR) is 93.8 cm³/mol. The highest BCUT2D eigenvalue weighted by Gasteiger charge is 2.31. The molecule has 1 aliphatic carbocycles. The number of carboxylic acid groups (broad SMARTS) is 1. The summed E-state index contributed by atoms with van der Waals surface area (Å²) in [6.07, 6.45) is 2.24. The summed E-state index contributed by atoms with van der Waals surface area (Å²) in [5.74, 6) is -0.605. The lowest BCUT2D eigenvalue weighted by Crippen LogP contribution is -2.28. The van der Waals surface area contributed by atoms with E-state index in [0.717, 1.165) is 31.0 Å². The summed E-state index contributed by atoms with van der Waals surface area (Å²) >= 11 is 0. The van der Waals surface area contributed by atoms with Gasteiger partial charge in [-0.2, -0.15) is 0 Å². The molecule has 0 unspecified atom stereocenters. The third-order valence-electron chi connectivity index (χ3n) is 5.16. The Hall–Kier alpha value is -2.61. The average molecular weight is 361 g/mol. The fourth-order valence-electron chi connectivity index (χ4n) is 3.87. The zero-order valence-corrected chi connectivity index (χ0v) is 14.4. The van der Waals surface area contributed by atoms with Crippen molar-refractivity contribution in [3.63, 3.8) is 0 Å². The molecule has 2 aromatic rings. The van der Waals surface area contributed by atoms with Crippen molar-refractivity contribution in [2.24, 2.45) is 5.73 Å². The number of rotatable bonds is 3. The molecule has 0 bridgehead atoms. The second-order valence-electron chi connectivity index (χ2n) is 7.08. The van der Waals surface area contributed by atoms with Gasteiger partial charge in [-0.1, -0.05) is 0 Å². The van der Waals surface area contributed by atoms with Gasteiger partial charge >= 0.3 is 6.16 Å². The Labute approximate surface area is 148 Å². The number of anilines is 1. The first kappa shape index (κ1) is 16.8. The lowest BCUT2D eigenvalue weighted by Gasteiger charge is -2.24. The van der Waals surface area contributed by atoms with E-state index in [0.29, 0.717) is 29.9 Å². The monoisotopic (exact) mass is 361 g/mol. The number of pyridine rings is 2. The van der Waals surface area contributed by atoms with Crippen molar-refractivity contribution in [1.82, 2.24) is 4.40 Å². The van der Waals surface area contributed by atoms with Gasteiger partial charge in [0, 0.05) is 19.1 Å². The first-order valence-electron chi connectivity index (χ1n) is 8.66. The minimum Gasteiger partial charge on any atom is -0.449 e. The van der Waals surface area contributed by atoms with Crippen LogP contribution in [0.4, 0.5) is 14.9 Å². The maximum Gasteiger partial charge on any atom is 0.511 e. The van der Waals surface area contributed by atoms with Crippen molar-refractivity contribution in [3.05, 3.63) is 39.6 Å². The first-order valence-corrected chi connectivity index (χ1v) is 8.66. The molecule has 1 saturated heterocycles. The molecule has 4 rings (SSSR count). The van der Waals surface area contributed by atoms with Crippen molar-refractivity contribution in [3.8, 4) is 5.75 Å². The molecule has 1 saturated carbocycles. The number of carbonyl (C=O) groups is 1. The van der Waals surface area contributed by atoms with E-state index in [1.807, 2.05) is 4.90 Å². The van der Waals surface area contributed by atoms with Gasteiger partial charge < -0.3 is 20.5 Å². The molecule has 26 heavy (non-hydrogen) atoms. The number of fused-ring (bicyclic) bond motifs is 1. The molecule has 1 atom stereocenters. The number of hydrogen-bond donors (Lipinski definition) is 2. The molecule has 3 heterocycles. The van der Waals surface area contributed by atoms with Crippen molar-refractivity contribution in [2.75, 3.05) is 18.0 Å². The molecule has 8 heteroatoms. The third-order valence-corrected chi connectivity index (χ3v) is 5.16. The van der Waals surface area contributed by atoms with Gasteiger partial charge in [0.1, 0.15) is 0 Å². The number of ether oxygens (including phenoxy) is 1. The fourth-order valence-corrected chi connectivity index (χ4v) is 3.87. The average Bonchev–Trinajstić information content (AvgIpc) is 3.32. The summed E-state index contributed by atoms with van der Waals surface area (Å²) in [5.41, 5.74) is 7.86. The largest absolute Gasteiger partial charge is 0.511 e. The van der Waals surface area contributed by atoms with E-state index >= 15 is 0 Å². The molecular weight excluding hydrogens is 341 g/mol. The molecule has 0 aromatic carbocycles. The van der Waals surface area contributed by atoms with Crippen molar-refractivity contribution in [2.45, 2.75) is 38.1 Å². The summed E-state index contributed by atoms with van der Waals surface area (Å²) in [5, 5.41) is 8.87. The second-order valence-corrected chi connectivity index (χ2v) is 7.08. The molecule has 2 aliphatic rings. The SMILES string of the molecule is Cc1c(N2CC[C@@H](N)C2)c(F)cn2c(=O)c(OC(=O)O)cc(C3CC3)c12. The van der Waals surface area contributed by atoms with Crippen LogP contribution in [0.2, 0.25) is 0 Å². The van der Waals surface area contributed by atoms with Crippen LogP contribution < -0.4 is 20.9 Å². The second kappa shape index (κ2) is 5.98. The molecule has 2 fully saturated rings. The van der Waals surface area contributed by atoms with Crippen LogP contribution in [0.1, 0.15) is 36.3 Å². The number of halogens is 1. The van der Waals surface area contributed by atoms with Crippen molar-refractivity contribution < 1.29 is 19.0 Å². The summed E-state index contributed by atoms with van der Waals surface area (Å²) in [4.78, 5) is 25.4. The summed E-state index contributed by atoms with van der Waals surface area (Å²) in [6.45, 7) is 3.02. The number of hydrogen-bond acceptors (Lipinski definition) is 5. The van der Waals surface area contributed by atoms with E-state index in [1.54, 1.807) is 6.92 Å². The van der Waals surface area contributed by atoms with Crippen LogP contribution in [0.25, 0.3) is 5.52 Å². The van der Waals surface area contributed by atoms with Gasteiger partial charge in [-0.25, -0.2) is 9.18 Å². The standard InChI is InChI=1S/C18H20FN3O4/c1-9-15-12(10-2-3-10)6-14(26-18(24)25)17(23)22(15)8-13(19)16(9)21-5-4-11(20)7-21/h6,8,10-11H,2-5,7,20H2,1H3,(H,24,25)/t11-/m1/s1. The van der Waals surface area contributed by atoms with E-state index in [2.05, 4.69) is 4.74 Å². The summed E-state index contributed by atoms with van der Waals surface area (Å²) in [6, 6.07) is 1.50. The van der Waals surface area contributed by atoms with Crippen molar-refractivity contribution in [1.29, 1.82) is 0 Å². The molecule has 0 amide bonds. The number of nitrogens with two attached hydrogens (primary N) is 1. The highest BCUT2D eigenvalue weighted by molar-refractivity contribution is 5.74. The summed E-state index contributed by atoms with van der Waals surface area (Å²) < 4.78 is 20.7. The van der Waals surface area contributed by atoms with E-state index in [4.69, 9.17) is 10.8 Å². The normalized spacial score (nSPS) is 20.0. The summed E-state index contributed by atoms with van der Waals surface area (Å²) in [7, 11) is 0. The lowest BCUT2D eigenvalue weighted by molar-refractivity contribution is 0.143. The number of aromatic nitrogens is 1. The minimum absolute atomic E-state index is 0.00136. The van der Waals surface area contributed by atoms with Crippen LogP contribution in [0, 0.1) is 12.7 Å². The molecule has 7 nitrogen and oxygen atoms in total. The molecule has 138 valence electrons. The Balaban J connectivity index is 1.97. The van der Waals surface area contributed by atoms with Gasteiger partial charge in [0.25, 0.3) is 5.56 Å². The highest BCUT2D eigenvalue weighted by Crippen LogP contribution is 2.44. The Kier molecular flexibility index (Phi) is 3.87. The molecule has 0 radical (unpaired) electrons. The minimum atomic E-state index is -1.57. The Bertz CT molecular complexity index is 967. The van der Waals surface area contributed by atoms with Crippen LogP contribution in [0.5, 0.6) is 5.75 Å². The van der Waals surface area contributed by atoms with Gasteiger partial charge in [-0.3, -0.25) is 9.20 Å².